The van der Waals surface area contributed by atoms with Gasteiger partial charge in [-0.25, -0.2) is 9.88 Å². The van der Waals surface area contributed by atoms with Gasteiger partial charge in [-0.3, -0.25) is 24.3 Å². The van der Waals surface area contributed by atoms with Crippen molar-refractivity contribution in [2.45, 2.75) is 39.3 Å². The van der Waals surface area contributed by atoms with Crippen LogP contribution in [0.4, 0.5) is 5.69 Å². The first kappa shape index (κ1) is 23.0. The lowest BCUT2D eigenvalue weighted by Gasteiger charge is -2.32. The predicted molar refractivity (Wildman–Crippen MR) is 145 cm³/mol. The van der Waals surface area contributed by atoms with Gasteiger partial charge in [0.15, 0.2) is 0 Å². The molecule has 1 aromatic heterocycles. The number of carbonyl (C=O) groups excluding carboxylic acids is 2. The van der Waals surface area contributed by atoms with E-state index in [1.54, 1.807) is 10.6 Å². The number of nitrogens with zero attached hydrogens (tertiary/aromatic N) is 3. The summed E-state index contributed by atoms with van der Waals surface area (Å²) in [6.45, 7) is 8.11. The molecule has 7 heteroatoms. The van der Waals surface area contributed by atoms with E-state index in [1.807, 2.05) is 74.5 Å². The summed E-state index contributed by atoms with van der Waals surface area (Å²) in [5.74, 6) is -1.26. The molecule has 7 nitrogen and oxygen atoms in total. The zero-order valence-corrected chi connectivity index (χ0v) is 21.7. The lowest BCUT2D eigenvalue weighted by molar-refractivity contribution is -0.123. The first-order valence-corrected chi connectivity index (χ1v) is 13.1. The Morgan fingerprint density at radius 1 is 0.895 bits per heavy atom. The van der Waals surface area contributed by atoms with Crippen molar-refractivity contribution in [1.82, 2.24) is 14.9 Å². The summed E-state index contributed by atoms with van der Waals surface area (Å²) in [4.78, 5) is 48.8. The Kier molecular flexibility index (Phi) is 4.68. The Hall–Kier alpha value is -4.10. The Morgan fingerprint density at radius 3 is 2.39 bits per heavy atom. The average Bonchev–Trinajstić information content (AvgIpc) is 3.50. The lowest BCUT2D eigenvalue weighted by Crippen LogP contribution is -2.51. The maximum atomic E-state index is 14.4. The van der Waals surface area contributed by atoms with E-state index in [1.165, 1.54) is 4.90 Å². The molecule has 0 radical (unpaired) electrons. The fourth-order valence-electron chi connectivity index (χ4n) is 6.84. The van der Waals surface area contributed by atoms with Crippen LogP contribution < -0.4 is 15.8 Å². The molecule has 3 aliphatic heterocycles. The zero-order chi connectivity index (χ0) is 26.5. The first-order chi connectivity index (χ1) is 18.3. The smallest absolute Gasteiger partial charge is 0.266 e. The normalized spacial score (nSPS) is 25.5. The number of imide groups is 1. The van der Waals surface area contributed by atoms with Crippen molar-refractivity contribution in [2.24, 2.45) is 17.8 Å². The number of fused-ring (bicyclic) bond motifs is 8. The molecule has 4 aromatic rings. The second kappa shape index (κ2) is 7.71. The molecule has 3 aromatic carbocycles. The van der Waals surface area contributed by atoms with E-state index in [2.05, 4.69) is 19.2 Å². The van der Waals surface area contributed by atoms with E-state index < -0.39 is 17.4 Å². The first-order valence-electron chi connectivity index (χ1n) is 13.1. The van der Waals surface area contributed by atoms with Crippen molar-refractivity contribution in [3.05, 3.63) is 99.6 Å². The molecule has 4 heterocycles. The number of carbonyl (C=O) groups is 2. The van der Waals surface area contributed by atoms with Gasteiger partial charge in [-0.05, 0) is 61.2 Å². The summed E-state index contributed by atoms with van der Waals surface area (Å²) in [7, 11) is 0. The maximum Gasteiger partial charge on any atom is 0.266 e. The van der Waals surface area contributed by atoms with Crippen LogP contribution in [-0.2, 0) is 15.1 Å². The molecule has 4 atom stereocenters. The summed E-state index contributed by atoms with van der Waals surface area (Å²) >= 11 is 0. The number of nitrogens with one attached hydrogen (secondary N) is 1. The minimum atomic E-state index is -1.11. The molecule has 0 bridgehead atoms. The molecule has 2 fully saturated rings. The van der Waals surface area contributed by atoms with E-state index in [4.69, 9.17) is 4.98 Å². The number of aromatic nitrogens is 2. The molecule has 0 unspecified atom stereocenters. The topological polar surface area (TPSA) is 84.3 Å². The molecule has 0 saturated carbocycles. The fourth-order valence-corrected chi connectivity index (χ4v) is 6.84. The van der Waals surface area contributed by atoms with Gasteiger partial charge in [-0.1, -0.05) is 50.2 Å². The number of amides is 2. The van der Waals surface area contributed by atoms with E-state index in [0.29, 0.717) is 28.1 Å². The summed E-state index contributed by atoms with van der Waals surface area (Å²) in [6, 6.07) is 20.4. The van der Waals surface area contributed by atoms with Gasteiger partial charge in [0.1, 0.15) is 11.4 Å². The van der Waals surface area contributed by atoms with Crippen molar-refractivity contribution in [3.8, 4) is 5.69 Å². The molecule has 3 aliphatic rings. The summed E-state index contributed by atoms with van der Waals surface area (Å²) in [6.07, 6.45) is 0. The minimum absolute atomic E-state index is 0.0618. The Labute approximate surface area is 220 Å². The van der Waals surface area contributed by atoms with Gasteiger partial charge in [0.25, 0.3) is 5.56 Å². The molecule has 38 heavy (non-hydrogen) atoms. The van der Waals surface area contributed by atoms with E-state index in [0.717, 1.165) is 16.7 Å². The van der Waals surface area contributed by atoms with Gasteiger partial charge in [-0.15, -0.1) is 0 Å². The summed E-state index contributed by atoms with van der Waals surface area (Å²) in [5.41, 5.74) is 3.50. The Balaban J connectivity index is 1.53. The highest BCUT2D eigenvalue weighted by atomic mass is 16.2. The Bertz CT molecular complexity index is 1760. The van der Waals surface area contributed by atoms with Gasteiger partial charge in [0.05, 0.1) is 34.1 Å². The predicted octanol–water partition coefficient (Wildman–Crippen LogP) is 3.99. The number of benzene rings is 3. The fraction of sp³-hybridized carbons (Fsp3) is 0.290. The second-order valence-electron chi connectivity index (χ2n) is 11.1. The molecule has 190 valence electrons. The molecule has 7 rings (SSSR count). The van der Waals surface area contributed by atoms with Gasteiger partial charge in [0.2, 0.25) is 11.8 Å². The van der Waals surface area contributed by atoms with Crippen molar-refractivity contribution in [2.75, 3.05) is 4.90 Å². The number of rotatable bonds is 2. The molecule has 1 N–H and O–H groups in total. The maximum absolute atomic E-state index is 14.4. The standard InChI is InChI=1S/C31H28N4O3/c1-16(2)26-24-25(29(38)34(28(24)37)19-14-13-17(3)18(4)15-19)31(33-26)21-10-6-8-12-23(21)35-27(36)20-9-5-7-11-22(20)32-30(31)35/h5-16,24-26,33H,1-4H3/t24-,25-,26+,31-/m1/s1. The minimum Gasteiger partial charge on any atom is -0.296 e. The van der Waals surface area contributed by atoms with Crippen molar-refractivity contribution in [1.29, 1.82) is 0 Å². The van der Waals surface area contributed by atoms with Gasteiger partial charge < -0.3 is 0 Å². The average molecular weight is 505 g/mol. The van der Waals surface area contributed by atoms with Crippen molar-refractivity contribution in [3.63, 3.8) is 0 Å². The number of aryl methyl sites for hydroxylation is 2. The molecule has 1 spiro atoms. The quantitative estimate of drug-likeness (QED) is 0.418. The second-order valence-corrected chi connectivity index (χ2v) is 11.1. The highest BCUT2D eigenvalue weighted by molar-refractivity contribution is 6.23. The monoisotopic (exact) mass is 504 g/mol. The van der Waals surface area contributed by atoms with Crippen molar-refractivity contribution >= 4 is 28.4 Å². The van der Waals surface area contributed by atoms with Crippen LogP contribution in [0, 0.1) is 31.6 Å². The van der Waals surface area contributed by atoms with Crippen LogP contribution in [0.15, 0.2) is 71.5 Å². The SMILES string of the molecule is Cc1ccc(N2C(=O)[C@H]3[C@H](C(C)C)N[C@]4(c5ccccc5-n5c4nc4ccccc4c5=O)[C@H]3C2=O)cc1C. The van der Waals surface area contributed by atoms with Crippen LogP contribution in [0.1, 0.15) is 36.4 Å². The largest absolute Gasteiger partial charge is 0.296 e. The number of hydrogen-bond donors (Lipinski definition) is 1. The summed E-state index contributed by atoms with van der Waals surface area (Å²) in [5, 5.41) is 4.25. The van der Waals surface area contributed by atoms with E-state index in [-0.39, 0.29) is 29.3 Å². The highest BCUT2D eigenvalue weighted by Gasteiger charge is 2.70. The number of para-hydroxylation sites is 2. The molecule has 2 amide bonds. The summed E-state index contributed by atoms with van der Waals surface area (Å²) < 4.78 is 1.64. The zero-order valence-electron chi connectivity index (χ0n) is 21.7. The van der Waals surface area contributed by atoms with Gasteiger partial charge in [0, 0.05) is 11.6 Å². The molecular weight excluding hydrogens is 476 g/mol. The highest BCUT2D eigenvalue weighted by Crippen LogP contribution is 2.56. The third-order valence-electron chi connectivity index (χ3n) is 8.76. The van der Waals surface area contributed by atoms with Crippen LogP contribution >= 0.6 is 0 Å². The third-order valence-corrected chi connectivity index (χ3v) is 8.76. The molecule has 0 aliphatic carbocycles. The lowest BCUT2D eigenvalue weighted by atomic mass is 9.75. The van der Waals surface area contributed by atoms with Crippen LogP contribution in [0.3, 0.4) is 0 Å². The van der Waals surface area contributed by atoms with Crippen LogP contribution in [0.25, 0.3) is 16.6 Å². The van der Waals surface area contributed by atoms with E-state index >= 15 is 0 Å². The number of hydrogen-bond acceptors (Lipinski definition) is 5. The third kappa shape index (κ3) is 2.72. The molecule has 2 saturated heterocycles. The van der Waals surface area contributed by atoms with Crippen LogP contribution in [-0.4, -0.2) is 27.4 Å². The van der Waals surface area contributed by atoms with E-state index in [9.17, 15) is 14.4 Å². The van der Waals surface area contributed by atoms with Crippen molar-refractivity contribution < 1.29 is 9.59 Å². The van der Waals surface area contributed by atoms with Gasteiger partial charge in [-0.2, -0.15) is 0 Å². The van der Waals surface area contributed by atoms with Crippen LogP contribution in [0.5, 0.6) is 0 Å². The number of anilines is 1. The van der Waals surface area contributed by atoms with Gasteiger partial charge >= 0.3 is 0 Å². The Morgan fingerprint density at radius 2 is 1.63 bits per heavy atom. The van der Waals surface area contributed by atoms with Crippen LogP contribution in [0.2, 0.25) is 0 Å². The molecular formula is C31H28N4O3.